The molecule has 0 radical (unpaired) electrons. The molecule has 3 aromatic rings. The molecule has 1 aromatic heterocycles. The normalized spacial score (nSPS) is 16.3. The summed E-state index contributed by atoms with van der Waals surface area (Å²) in [5, 5.41) is 12.4. The van der Waals surface area contributed by atoms with Crippen LogP contribution >= 0.6 is 0 Å². The van der Waals surface area contributed by atoms with Crippen LogP contribution in [-0.2, 0) is 14.3 Å². The molecule has 0 saturated carbocycles. The van der Waals surface area contributed by atoms with E-state index in [1.165, 1.54) is 18.3 Å². The fourth-order valence-electron chi connectivity index (χ4n) is 2.86. The molecule has 0 amide bonds. The molecule has 146 valence electrons. The highest BCUT2D eigenvalue weighted by atomic mass is 32.2. The zero-order valence-corrected chi connectivity index (χ0v) is 16.1. The predicted octanol–water partition coefficient (Wildman–Crippen LogP) is 2.03. The Labute approximate surface area is 162 Å². The van der Waals surface area contributed by atoms with Crippen LogP contribution in [0.4, 0.5) is 0 Å². The smallest absolute Gasteiger partial charge is 0.298 e. The van der Waals surface area contributed by atoms with Gasteiger partial charge in [0.25, 0.3) is 15.9 Å². The van der Waals surface area contributed by atoms with Gasteiger partial charge in [-0.1, -0.05) is 17.7 Å². The molecule has 2 aromatic carbocycles. The first-order valence-corrected chi connectivity index (χ1v) is 10.0. The van der Waals surface area contributed by atoms with Crippen molar-refractivity contribution in [3.63, 3.8) is 0 Å². The molecular weight excluding hydrogens is 384 g/mol. The fourth-order valence-corrected chi connectivity index (χ4v) is 3.80. The second kappa shape index (κ2) is 6.92. The summed E-state index contributed by atoms with van der Waals surface area (Å²) in [5.41, 5.74) is 1.53. The number of hydrogen-bond donors (Lipinski definition) is 0. The quantitative estimate of drug-likeness (QED) is 0.374. The predicted molar refractivity (Wildman–Crippen MR) is 99.7 cm³/mol. The van der Waals surface area contributed by atoms with E-state index < -0.39 is 16.2 Å². The molecule has 0 bridgehead atoms. The van der Waals surface area contributed by atoms with Gasteiger partial charge >= 0.3 is 0 Å². The van der Waals surface area contributed by atoms with Crippen LogP contribution in [0.5, 0.6) is 11.5 Å². The van der Waals surface area contributed by atoms with Crippen LogP contribution in [-0.4, -0.2) is 32.7 Å². The number of aryl methyl sites for hydroxylation is 2. The summed E-state index contributed by atoms with van der Waals surface area (Å²) in [4.78, 5) is 4.30. The Morgan fingerprint density at radius 3 is 2.71 bits per heavy atom. The SMILES string of the molecule is Cc1ccc(S(=O)(=O)OCC2COc3ccc4nc(C)[n+]([O-])cc4c3O2)cc1. The lowest BCUT2D eigenvalue weighted by atomic mass is 10.2. The highest BCUT2D eigenvalue weighted by Crippen LogP contribution is 2.38. The van der Waals surface area contributed by atoms with Crippen LogP contribution in [0.3, 0.4) is 0 Å². The molecule has 8 nitrogen and oxygen atoms in total. The van der Waals surface area contributed by atoms with E-state index in [0.29, 0.717) is 33.0 Å². The highest BCUT2D eigenvalue weighted by molar-refractivity contribution is 7.86. The largest absolute Gasteiger partial charge is 0.711 e. The number of aromatic nitrogens is 2. The van der Waals surface area contributed by atoms with Crippen LogP contribution in [0.15, 0.2) is 47.5 Å². The summed E-state index contributed by atoms with van der Waals surface area (Å²) in [5.74, 6) is 1.13. The van der Waals surface area contributed by atoms with Gasteiger partial charge in [0.15, 0.2) is 23.1 Å². The Kier molecular flexibility index (Phi) is 4.56. The molecular formula is C19H18N2O6S. The molecule has 9 heteroatoms. The summed E-state index contributed by atoms with van der Waals surface area (Å²) in [7, 11) is -3.91. The number of benzene rings is 2. The molecule has 1 aliphatic rings. The zero-order valence-electron chi connectivity index (χ0n) is 15.3. The highest BCUT2D eigenvalue weighted by Gasteiger charge is 2.27. The van der Waals surface area contributed by atoms with Crippen molar-refractivity contribution in [3.05, 3.63) is 59.2 Å². The molecule has 4 rings (SSSR count). The summed E-state index contributed by atoms with van der Waals surface area (Å²) in [6.07, 6.45) is 0.714. The van der Waals surface area contributed by atoms with Crippen LogP contribution < -0.4 is 14.2 Å². The molecule has 2 heterocycles. The van der Waals surface area contributed by atoms with Crippen LogP contribution in [0.1, 0.15) is 11.4 Å². The van der Waals surface area contributed by atoms with Crippen molar-refractivity contribution in [1.29, 1.82) is 0 Å². The Hall–Kier alpha value is -2.91. The fraction of sp³-hybridized carbons (Fsp3) is 0.263. The second-order valence-electron chi connectivity index (χ2n) is 6.54. The first-order valence-electron chi connectivity index (χ1n) is 8.62. The molecule has 0 spiro atoms. The minimum absolute atomic E-state index is 0.0766. The molecule has 1 unspecified atom stereocenters. The maximum absolute atomic E-state index is 12.4. The van der Waals surface area contributed by atoms with Crippen molar-refractivity contribution in [2.75, 3.05) is 13.2 Å². The molecule has 1 aliphatic heterocycles. The molecule has 1 atom stereocenters. The lowest BCUT2D eigenvalue weighted by molar-refractivity contribution is -0.614. The van der Waals surface area contributed by atoms with Gasteiger partial charge in [-0.2, -0.15) is 8.42 Å². The van der Waals surface area contributed by atoms with E-state index in [9.17, 15) is 13.6 Å². The van der Waals surface area contributed by atoms with Gasteiger partial charge in [-0.3, -0.25) is 4.18 Å². The van der Waals surface area contributed by atoms with Gasteiger partial charge in [-0.25, -0.2) is 4.73 Å². The number of rotatable bonds is 4. The van der Waals surface area contributed by atoms with Gasteiger partial charge < -0.3 is 14.7 Å². The third-order valence-corrected chi connectivity index (χ3v) is 5.71. The van der Waals surface area contributed by atoms with Crippen LogP contribution in [0.2, 0.25) is 0 Å². The summed E-state index contributed by atoms with van der Waals surface area (Å²) in [6, 6.07) is 9.83. The van der Waals surface area contributed by atoms with Crippen LogP contribution in [0, 0.1) is 19.1 Å². The number of nitrogens with zero attached hydrogens (tertiary/aromatic N) is 2. The summed E-state index contributed by atoms with van der Waals surface area (Å²) in [6.45, 7) is 3.38. The van der Waals surface area contributed by atoms with Crippen molar-refractivity contribution < 1.29 is 26.8 Å². The maximum atomic E-state index is 12.4. The molecule has 0 saturated heterocycles. The van der Waals surface area contributed by atoms with Crippen molar-refractivity contribution in [3.8, 4) is 11.5 Å². The van der Waals surface area contributed by atoms with E-state index in [-0.39, 0.29) is 18.1 Å². The third kappa shape index (κ3) is 3.46. The Balaban J connectivity index is 1.54. The van der Waals surface area contributed by atoms with Crippen molar-refractivity contribution in [2.45, 2.75) is 24.8 Å². The van der Waals surface area contributed by atoms with Gasteiger partial charge in [0.05, 0.1) is 4.90 Å². The van der Waals surface area contributed by atoms with Gasteiger partial charge in [-0.05, 0) is 36.2 Å². The number of hydrogen-bond acceptors (Lipinski definition) is 7. The van der Waals surface area contributed by atoms with E-state index in [1.807, 2.05) is 6.92 Å². The van der Waals surface area contributed by atoms with E-state index >= 15 is 0 Å². The lowest BCUT2D eigenvalue weighted by Gasteiger charge is -2.26. The van der Waals surface area contributed by atoms with Gasteiger partial charge in [0, 0.05) is 6.92 Å². The molecule has 0 aliphatic carbocycles. The Morgan fingerprint density at radius 1 is 1.21 bits per heavy atom. The van der Waals surface area contributed by atoms with Crippen molar-refractivity contribution >= 4 is 21.0 Å². The maximum Gasteiger partial charge on any atom is 0.298 e. The number of ether oxygens (including phenoxy) is 2. The second-order valence-corrected chi connectivity index (χ2v) is 8.16. The monoisotopic (exact) mass is 402 g/mol. The van der Waals surface area contributed by atoms with Gasteiger partial charge in [0.2, 0.25) is 0 Å². The third-order valence-electron chi connectivity index (χ3n) is 4.41. The van der Waals surface area contributed by atoms with Crippen molar-refractivity contribution in [1.82, 2.24) is 4.98 Å². The summed E-state index contributed by atoms with van der Waals surface area (Å²) < 4.78 is 42.0. The lowest BCUT2D eigenvalue weighted by Crippen LogP contribution is -2.35. The Bertz CT molecular complexity index is 1150. The standard InChI is InChI=1S/C19H18N2O6S/c1-12-3-5-15(6-4-12)28(23,24)26-11-14-10-25-18-8-7-17-16(19(18)27-14)9-21(22)13(2)20-17/h3-9,14H,10-11H2,1-2H3. The van der Waals surface area contributed by atoms with Crippen molar-refractivity contribution in [2.24, 2.45) is 0 Å². The van der Waals surface area contributed by atoms with E-state index in [0.717, 1.165) is 5.56 Å². The van der Waals surface area contributed by atoms with E-state index in [2.05, 4.69) is 4.98 Å². The van der Waals surface area contributed by atoms with Crippen LogP contribution in [0.25, 0.3) is 10.9 Å². The number of fused-ring (bicyclic) bond motifs is 3. The van der Waals surface area contributed by atoms with Gasteiger partial charge in [0.1, 0.15) is 24.8 Å². The summed E-state index contributed by atoms with van der Waals surface area (Å²) >= 11 is 0. The molecule has 28 heavy (non-hydrogen) atoms. The molecule has 0 N–H and O–H groups in total. The first kappa shape index (κ1) is 18.5. The minimum Gasteiger partial charge on any atom is -0.711 e. The average Bonchev–Trinajstić information content (AvgIpc) is 2.68. The average molecular weight is 402 g/mol. The topological polar surface area (TPSA) is 102 Å². The van der Waals surface area contributed by atoms with E-state index in [1.54, 1.807) is 31.2 Å². The first-order chi connectivity index (χ1) is 13.3. The molecule has 0 fully saturated rings. The Morgan fingerprint density at radius 2 is 1.96 bits per heavy atom. The van der Waals surface area contributed by atoms with E-state index in [4.69, 9.17) is 13.7 Å². The van der Waals surface area contributed by atoms with Gasteiger partial charge in [-0.15, -0.1) is 0 Å². The minimum atomic E-state index is -3.91. The zero-order chi connectivity index (χ0) is 19.9.